The molecule has 0 bridgehead atoms. The van der Waals surface area contributed by atoms with Crippen LogP contribution in [0.25, 0.3) is 0 Å². The van der Waals surface area contributed by atoms with Crippen molar-refractivity contribution >= 4 is 17.9 Å². The second kappa shape index (κ2) is 8.45. The fourth-order valence-electron chi connectivity index (χ4n) is 2.73. The molecule has 0 radical (unpaired) electrons. The molecule has 1 aromatic heterocycles. The number of likely N-dealkylation sites (tertiary alicyclic amines) is 1. The van der Waals surface area contributed by atoms with Crippen LogP contribution in [0.4, 0.5) is 10.6 Å². The van der Waals surface area contributed by atoms with E-state index in [2.05, 4.69) is 15.4 Å². The van der Waals surface area contributed by atoms with Gasteiger partial charge in [0.25, 0.3) is 0 Å². The number of ether oxygens (including phenoxy) is 1. The zero-order chi connectivity index (χ0) is 19.2. The maximum Gasteiger partial charge on any atom is 0.415 e. The summed E-state index contributed by atoms with van der Waals surface area (Å²) in [4.78, 5) is 33.2. The number of rotatable bonds is 7. The van der Waals surface area contributed by atoms with Gasteiger partial charge in [0.2, 0.25) is 0 Å². The second-order valence-electron chi connectivity index (χ2n) is 6.07. The van der Waals surface area contributed by atoms with Gasteiger partial charge in [0.15, 0.2) is 0 Å². The Morgan fingerprint density at radius 1 is 1.30 bits per heavy atom. The van der Waals surface area contributed by atoms with Gasteiger partial charge in [-0.2, -0.15) is 0 Å². The summed E-state index contributed by atoms with van der Waals surface area (Å²) in [6.07, 6.45) is 3.79. The Labute approximate surface area is 156 Å². The number of amides is 1. The number of hydrogen-bond acceptors (Lipinski definition) is 7. The minimum absolute atomic E-state index is 0.237. The predicted molar refractivity (Wildman–Crippen MR) is 97.4 cm³/mol. The third-order valence-electron chi connectivity index (χ3n) is 4.32. The summed E-state index contributed by atoms with van der Waals surface area (Å²) in [6.45, 7) is 1.44. The number of aliphatic carboxylic acids is 1. The summed E-state index contributed by atoms with van der Waals surface area (Å²) in [5.41, 5.74) is 3.66. The van der Waals surface area contributed by atoms with Crippen LogP contribution in [0.1, 0.15) is 12.0 Å². The number of carboxylic acid groups (broad SMARTS) is 1. The van der Waals surface area contributed by atoms with E-state index in [-0.39, 0.29) is 12.5 Å². The average Bonchev–Trinajstić information content (AvgIpc) is 2.62. The summed E-state index contributed by atoms with van der Waals surface area (Å²) in [5, 5.41) is 11.1. The molecule has 9 nitrogen and oxygen atoms in total. The highest BCUT2D eigenvalue weighted by Gasteiger charge is 2.27. The molecule has 0 unspecified atom stereocenters. The normalized spacial score (nSPS) is 14.2. The molecular weight excluding hydrogens is 350 g/mol. The minimum Gasteiger partial charge on any atom is -0.480 e. The van der Waals surface area contributed by atoms with Gasteiger partial charge in [-0.05, 0) is 24.1 Å². The van der Waals surface area contributed by atoms with Gasteiger partial charge in [0.05, 0.1) is 0 Å². The van der Waals surface area contributed by atoms with Crippen molar-refractivity contribution in [3.8, 4) is 5.75 Å². The highest BCUT2D eigenvalue weighted by molar-refractivity contribution is 5.78. The van der Waals surface area contributed by atoms with E-state index >= 15 is 0 Å². The highest BCUT2D eigenvalue weighted by Crippen LogP contribution is 2.19. The maximum absolute atomic E-state index is 11.8. The van der Waals surface area contributed by atoms with Crippen LogP contribution in [-0.2, 0) is 11.2 Å². The number of hydrogen-bond donors (Lipinski definition) is 2. The van der Waals surface area contributed by atoms with E-state index in [1.54, 1.807) is 48.5 Å². The van der Waals surface area contributed by atoms with E-state index in [0.717, 1.165) is 25.1 Å². The molecule has 1 atom stereocenters. The molecule has 2 heterocycles. The van der Waals surface area contributed by atoms with E-state index in [0.29, 0.717) is 11.6 Å². The Morgan fingerprint density at radius 3 is 2.56 bits per heavy atom. The van der Waals surface area contributed by atoms with Gasteiger partial charge in [-0.1, -0.05) is 12.1 Å². The first-order chi connectivity index (χ1) is 13.1. The van der Waals surface area contributed by atoms with Crippen LogP contribution in [0.3, 0.4) is 0 Å². The molecule has 1 fully saturated rings. The molecule has 1 aliphatic heterocycles. The largest absolute Gasteiger partial charge is 0.480 e. The number of aromatic nitrogens is 2. The van der Waals surface area contributed by atoms with Gasteiger partial charge in [-0.3, -0.25) is 5.01 Å². The Bertz CT molecular complexity index is 780. The Balaban J connectivity index is 1.69. The summed E-state index contributed by atoms with van der Waals surface area (Å²) < 4.78 is 5.29. The molecule has 3 rings (SSSR count). The van der Waals surface area contributed by atoms with Crippen molar-refractivity contribution in [3.05, 3.63) is 48.4 Å². The van der Waals surface area contributed by atoms with E-state index in [1.165, 1.54) is 11.3 Å². The number of carboxylic acids is 1. The topological polar surface area (TPSA) is 108 Å². The van der Waals surface area contributed by atoms with E-state index in [4.69, 9.17) is 4.74 Å². The quantitative estimate of drug-likeness (QED) is 0.702. The standard InChI is InChI=1S/C18H21N5O4/c1-19-23(16-7-8-20-12-21-16)15(17(24)25)11-13-3-5-14(6-4-13)27-18(26)22-9-2-10-22/h3-8,12,15,19H,2,9-11H2,1H3,(H,24,25)/t15-/m0/s1. The van der Waals surface area contributed by atoms with Gasteiger partial charge < -0.3 is 14.7 Å². The van der Waals surface area contributed by atoms with Gasteiger partial charge in [-0.25, -0.2) is 25.0 Å². The van der Waals surface area contributed by atoms with Crippen LogP contribution < -0.4 is 15.2 Å². The number of benzene rings is 1. The monoisotopic (exact) mass is 371 g/mol. The smallest absolute Gasteiger partial charge is 0.415 e. The third kappa shape index (κ3) is 4.50. The fourth-order valence-corrected chi connectivity index (χ4v) is 2.73. The average molecular weight is 371 g/mol. The highest BCUT2D eigenvalue weighted by atomic mass is 16.6. The number of carbonyl (C=O) groups excluding carboxylic acids is 1. The van der Waals surface area contributed by atoms with E-state index < -0.39 is 12.0 Å². The molecule has 1 aromatic carbocycles. The SMILES string of the molecule is CNN(c1ccncn1)[C@@H](Cc1ccc(OC(=O)N2CCC2)cc1)C(=O)O. The molecule has 2 aromatic rings. The van der Waals surface area contributed by atoms with Crippen molar-refractivity contribution in [2.24, 2.45) is 0 Å². The van der Waals surface area contributed by atoms with Crippen molar-refractivity contribution < 1.29 is 19.4 Å². The van der Waals surface area contributed by atoms with Gasteiger partial charge in [0, 0.05) is 38.8 Å². The first-order valence-electron chi connectivity index (χ1n) is 8.59. The van der Waals surface area contributed by atoms with Crippen molar-refractivity contribution in [1.29, 1.82) is 0 Å². The number of nitrogens with one attached hydrogen (secondary N) is 1. The number of carbonyl (C=O) groups is 2. The van der Waals surface area contributed by atoms with Crippen molar-refractivity contribution in [3.63, 3.8) is 0 Å². The zero-order valence-electron chi connectivity index (χ0n) is 14.9. The molecule has 0 spiro atoms. The van der Waals surface area contributed by atoms with Crippen molar-refractivity contribution in [2.45, 2.75) is 18.9 Å². The number of anilines is 1. The molecule has 142 valence electrons. The Hall–Kier alpha value is -3.20. The fraction of sp³-hybridized carbons (Fsp3) is 0.333. The lowest BCUT2D eigenvalue weighted by Gasteiger charge is -2.29. The molecule has 27 heavy (non-hydrogen) atoms. The maximum atomic E-state index is 11.8. The molecule has 1 aliphatic rings. The Morgan fingerprint density at radius 2 is 2.04 bits per heavy atom. The van der Waals surface area contributed by atoms with Crippen molar-refractivity contribution in [1.82, 2.24) is 20.3 Å². The third-order valence-corrected chi connectivity index (χ3v) is 4.32. The van der Waals surface area contributed by atoms with Gasteiger partial charge in [-0.15, -0.1) is 0 Å². The van der Waals surface area contributed by atoms with Gasteiger partial charge >= 0.3 is 12.1 Å². The molecule has 0 saturated carbocycles. The molecule has 9 heteroatoms. The van der Waals surface area contributed by atoms with E-state index in [1.807, 2.05) is 0 Å². The lowest BCUT2D eigenvalue weighted by Crippen LogP contribution is -2.50. The molecular formula is C18H21N5O4. The minimum atomic E-state index is -0.990. The first-order valence-corrected chi connectivity index (χ1v) is 8.59. The zero-order valence-corrected chi connectivity index (χ0v) is 14.9. The van der Waals surface area contributed by atoms with Crippen LogP contribution in [-0.4, -0.2) is 58.2 Å². The number of nitrogens with zero attached hydrogens (tertiary/aromatic N) is 4. The van der Waals surface area contributed by atoms with Crippen LogP contribution >= 0.6 is 0 Å². The van der Waals surface area contributed by atoms with Crippen LogP contribution in [0, 0.1) is 0 Å². The molecule has 1 saturated heterocycles. The first kappa shape index (κ1) is 18.6. The molecule has 2 N–H and O–H groups in total. The molecule has 0 aliphatic carbocycles. The molecule has 1 amide bonds. The van der Waals surface area contributed by atoms with Crippen LogP contribution in [0.15, 0.2) is 42.9 Å². The summed E-state index contributed by atoms with van der Waals surface area (Å²) >= 11 is 0. The summed E-state index contributed by atoms with van der Waals surface area (Å²) in [7, 11) is 1.64. The van der Waals surface area contributed by atoms with E-state index in [9.17, 15) is 14.7 Å². The second-order valence-corrected chi connectivity index (χ2v) is 6.07. The summed E-state index contributed by atoms with van der Waals surface area (Å²) in [5.74, 6) is -0.0972. The summed E-state index contributed by atoms with van der Waals surface area (Å²) in [6, 6.07) is 7.59. The Kier molecular flexibility index (Phi) is 5.82. The van der Waals surface area contributed by atoms with Crippen LogP contribution in [0.2, 0.25) is 0 Å². The number of hydrazine groups is 1. The lowest BCUT2D eigenvalue weighted by atomic mass is 10.1. The van der Waals surface area contributed by atoms with Gasteiger partial charge in [0.1, 0.15) is 23.9 Å². The van der Waals surface area contributed by atoms with Crippen LogP contribution in [0.5, 0.6) is 5.75 Å². The lowest BCUT2D eigenvalue weighted by molar-refractivity contribution is -0.138. The predicted octanol–water partition coefficient (Wildman–Crippen LogP) is 1.32. The van der Waals surface area contributed by atoms with Crippen molar-refractivity contribution in [2.75, 3.05) is 25.1 Å².